The van der Waals surface area contributed by atoms with Crippen molar-refractivity contribution in [3.63, 3.8) is 0 Å². The van der Waals surface area contributed by atoms with Gasteiger partial charge in [-0.1, -0.05) is 30.3 Å². The molecule has 0 aliphatic rings. The number of imidazole rings is 1. The van der Waals surface area contributed by atoms with E-state index in [0.29, 0.717) is 11.2 Å². The van der Waals surface area contributed by atoms with Gasteiger partial charge in [0.1, 0.15) is 0 Å². The molecule has 1 aromatic carbocycles. The molecule has 0 atom stereocenters. The summed E-state index contributed by atoms with van der Waals surface area (Å²) < 4.78 is 4.04. The van der Waals surface area contributed by atoms with E-state index < -0.39 is 11.9 Å². The minimum Gasteiger partial charge on any atom is -0.550 e. The van der Waals surface area contributed by atoms with E-state index in [0.717, 1.165) is 11.5 Å². The third kappa shape index (κ3) is 8.29. The van der Waals surface area contributed by atoms with Gasteiger partial charge in [0.2, 0.25) is 0 Å². The van der Waals surface area contributed by atoms with Gasteiger partial charge in [0.05, 0.1) is 12.3 Å². The van der Waals surface area contributed by atoms with Crippen LogP contribution in [-0.4, -0.2) is 30.6 Å². The minimum absolute atomic E-state index is 0. The first-order chi connectivity index (χ1) is 12.6. The van der Waals surface area contributed by atoms with Gasteiger partial charge in [-0.2, -0.15) is 0 Å². The fourth-order valence-corrected chi connectivity index (χ4v) is 2.05. The Bertz CT molecular complexity index is 1070. The molecular weight excluding hydrogens is 402 g/mol. The van der Waals surface area contributed by atoms with Crippen LogP contribution >= 0.6 is 0 Å². The molecule has 0 saturated heterocycles. The standard InChI is InChI=1S/C8H10N4O2.C7H6O2.C2H4O2.2Na/c1-10-4-9-6-5(10)7(13)12(3)8(14)11(6)2;8-7(9)6-4-2-1-3-5-6;1-2(3)4;;/h4H,1-3H3;1-5H,(H,8,9);1H3,(H,3,4);;/q;;;2*+1/p-2. The van der Waals surface area contributed by atoms with Crippen molar-refractivity contribution >= 4 is 23.1 Å². The van der Waals surface area contributed by atoms with Gasteiger partial charge in [0.15, 0.2) is 11.2 Å². The number of carbonyl (C=O) groups excluding carboxylic acids is 2. The molecule has 0 saturated carbocycles. The molecule has 0 bridgehead atoms. The summed E-state index contributed by atoms with van der Waals surface area (Å²) in [7, 11) is 4.77. The number of rotatable bonds is 1. The average Bonchev–Trinajstić information content (AvgIpc) is 3.01. The third-order valence-electron chi connectivity index (χ3n) is 3.33. The van der Waals surface area contributed by atoms with Crippen molar-refractivity contribution in [2.75, 3.05) is 0 Å². The quantitative estimate of drug-likeness (QED) is 0.356. The Morgan fingerprint density at radius 1 is 0.931 bits per heavy atom. The fourth-order valence-electron chi connectivity index (χ4n) is 2.05. The van der Waals surface area contributed by atoms with Crippen LogP contribution < -0.4 is 80.6 Å². The summed E-state index contributed by atoms with van der Waals surface area (Å²) in [6, 6.07) is 8.06. The third-order valence-corrected chi connectivity index (χ3v) is 3.33. The molecule has 3 rings (SSSR count). The maximum Gasteiger partial charge on any atom is 1.00 e. The Morgan fingerprint density at radius 2 is 1.41 bits per heavy atom. The molecule has 10 nitrogen and oxygen atoms in total. The van der Waals surface area contributed by atoms with E-state index in [9.17, 15) is 19.5 Å². The smallest absolute Gasteiger partial charge is 0.550 e. The van der Waals surface area contributed by atoms with Crippen LogP contribution in [0.2, 0.25) is 0 Å². The summed E-state index contributed by atoms with van der Waals surface area (Å²) in [6.07, 6.45) is 1.52. The maximum atomic E-state index is 11.7. The van der Waals surface area contributed by atoms with Gasteiger partial charge in [-0.05, 0) is 12.5 Å². The van der Waals surface area contributed by atoms with E-state index in [2.05, 4.69) is 4.98 Å². The van der Waals surface area contributed by atoms with Gasteiger partial charge in [-0.3, -0.25) is 13.9 Å². The van der Waals surface area contributed by atoms with Crippen LogP contribution in [0.3, 0.4) is 0 Å². The zero-order valence-corrected chi connectivity index (χ0v) is 21.2. The van der Waals surface area contributed by atoms with Crippen molar-refractivity contribution < 1.29 is 78.9 Å². The average molecular weight is 420 g/mol. The van der Waals surface area contributed by atoms with Crippen molar-refractivity contribution in [1.29, 1.82) is 0 Å². The van der Waals surface area contributed by atoms with Crippen molar-refractivity contribution in [3.8, 4) is 0 Å². The van der Waals surface area contributed by atoms with Gasteiger partial charge in [0.25, 0.3) is 5.56 Å². The van der Waals surface area contributed by atoms with E-state index in [1.54, 1.807) is 36.9 Å². The van der Waals surface area contributed by atoms with Gasteiger partial charge < -0.3 is 24.4 Å². The van der Waals surface area contributed by atoms with E-state index in [1.165, 1.54) is 30.1 Å². The number of aryl methyl sites for hydroxylation is 2. The molecule has 0 aliphatic carbocycles. The summed E-state index contributed by atoms with van der Waals surface area (Å²) in [5, 5.41) is 19.0. The molecule has 0 amide bonds. The van der Waals surface area contributed by atoms with Crippen LogP contribution in [0.15, 0.2) is 46.2 Å². The molecule has 2 heterocycles. The number of carboxylic acid groups (broad SMARTS) is 2. The number of carboxylic acids is 2. The van der Waals surface area contributed by atoms with Gasteiger partial charge in [-0.25, -0.2) is 9.78 Å². The van der Waals surface area contributed by atoms with Crippen LogP contribution in [0.4, 0.5) is 0 Å². The summed E-state index contributed by atoms with van der Waals surface area (Å²) >= 11 is 0. The number of aromatic nitrogens is 4. The van der Waals surface area contributed by atoms with Crippen LogP contribution in [0, 0.1) is 0 Å². The number of nitrogens with zero attached hydrogens (tertiary/aromatic N) is 4. The first-order valence-electron chi connectivity index (χ1n) is 7.59. The van der Waals surface area contributed by atoms with Crippen LogP contribution in [0.5, 0.6) is 0 Å². The number of hydrogen-bond acceptors (Lipinski definition) is 7. The van der Waals surface area contributed by atoms with Crippen LogP contribution in [-0.2, 0) is 25.9 Å². The predicted octanol–water partition coefficient (Wildman–Crippen LogP) is -8.22. The molecular formula is C17H18N4Na2O6. The van der Waals surface area contributed by atoms with E-state index in [4.69, 9.17) is 9.90 Å². The number of aliphatic carboxylic acids is 1. The topological polar surface area (TPSA) is 142 Å². The number of hydrogen-bond donors (Lipinski definition) is 0. The Morgan fingerprint density at radius 3 is 1.83 bits per heavy atom. The largest absolute Gasteiger partial charge is 1.00 e. The summed E-state index contributed by atoms with van der Waals surface area (Å²) in [6.45, 7) is 0.972. The van der Waals surface area contributed by atoms with Crippen molar-refractivity contribution in [2.45, 2.75) is 6.92 Å². The SMILES string of the molecule is CC(=O)[O-].Cn1c(=O)c2c(ncn2C)n(C)c1=O.O=C([O-])c1ccccc1.[Na+].[Na+]. The van der Waals surface area contributed by atoms with E-state index in [-0.39, 0.29) is 75.9 Å². The first-order valence-corrected chi connectivity index (χ1v) is 7.59. The molecule has 0 N–H and O–H groups in total. The van der Waals surface area contributed by atoms with Crippen molar-refractivity contribution in [1.82, 2.24) is 18.7 Å². The molecule has 29 heavy (non-hydrogen) atoms. The van der Waals surface area contributed by atoms with Crippen molar-refractivity contribution in [3.05, 3.63) is 63.1 Å². The van der Waals surface area contributed by atoms with Gasteiger partial charge in [0, 0.05) is 27.1 Å². The summed E-state index contributed by atoms with van der Waals surface area (Å²) in [5.74, 6) is -2.21. The van der Waals surface area contributed by atoms with E-state index >= 15 is 0 Å². The van der Waals surface area contributed by atoms with E-state index in [1.807, 2.05) is 0 Å². The number of aromatic carboxylic acids is 1. The van der Waals surface area contributed by atoms with Crippen LogP contribution in [0.1, 0.15) is 17.3 Å². The Labute approximate surface area is 210 Å². The second-order valence-corrected chi connectivity index (χ2v) is 5.38. The molecule has 3 aromatic rings. The Kier molecular flexibility index (Phi) is 13.8. The minimum atomic E-state index is -1.13. The summed E-state index contributed by atoms with van der Waals surface area (Å²) in [4.78, 5) is 46.1. The Balaban J connectivity index is 0. The monoisotopic (exact) mass is 420 g/mol. The number of fused-ring (bicyclic) bond motifs is 1. The maximum absolute atomic E-state index is 11.7. The second kappa shape index (κ2) is 13.5. The number of carbonyl (C=O) groups is 2. The molecule has 2 aromatic heterocycles. The predicted molar refractivity (Wildman–Crippen MR) is 92.6 cm³/mol. The zero-order chi connectivity index (χ0) is 20.7. The molecule has 0 unspecified atom stereocenters. The van der Waals surface area contributed by atoms with Gasteiger partial charge in [-0.15, -0.1) is 0 Å². The van der Waals surface area contributed by atoms with Crippen LogP contribution in [0.25, 0.3) is 11.2 Å². The molecule has 0 aliphatic heterocycles. The number of benzene rings is 1. The molecule has 144 valence electrons. The zero-order valence-electron chi connectivity index (χ0n) is 17.2. The normalized spacial score (nSPS) is 8.97. The van der Waals surface area contributed by atoms with Crippen molar-refractivity contribution in [2.24, 2.45) is 21.1 Å². The fraction of sp³-hybridized carbons (Fsp3) is 0.235. The molecule has 12 heteroatoms. The molecule has 0 fully saturated rings. The summed E-state index contributed by atoms with van der Waals surface area (Å²) in [5.41, 5.74) is 0.400. The Hall–Kier alpha value is -1.69. The molecule has 0 spiro atoms. The van der Waals surface area contributed by atoms with Gasteiger partial charge >= 0.3 is 64.8 Å². The first kappa shape index (κ1) is 29.5. The molecule has 0 radical (unpaired) electrons. The second-order valence-electron chi connectivity index (χ2n) is 5.38.